The molecule has 0 aromatic heterocycles. The Hall–Kier alpha value is 0.110. The molecule has 0 aromatic carbocycles. The lowest BCUT2D eigenvalue weighted by atomic mass is 9.79. The van der Waals surface area contributed by atoms with E-state index in [4.69, 9.17) is 0 Å². The summed E-state index contributed by atoms with van der Waals surface area (Å²) in [5.74, 6) is -2.50. The first-order valence-electron chi connectivity index (χ1n) is 4.29. The zero-order valence-electron chi connectivity index (χ0n) is 6.85. The monoisotopic (exact) mass is 197 g/mol. The first-order valence-corrected chi connectivity index (χ1v) is 4.29. The molecule has 0 bridgehead atoms. The van der Waals surface area contributed by atoms with Crippen molar-refractivity contribution in [3.05, 3.63) is 0 Å². The SMILES string of the molecule is Cl.FC1(F)CCC[C@H]2CNC[C@H]21. The second-order valence-corrected chi connectivity index (χ2v) is 3.68. The van der Waals surface area contributed by atoms with Crippen LogP contribution in [-0.4, -0.2) is 19.0 Å². The minimum atomic E-state index is -2.38. The van der Waals surface area contributed by atoms with Crippen LogP contribution >= 0.6 is 12.4 Å². The van der Waals surface area contributed by atoms with E-state index in [0.717, 1.165) is 13.0 Å². The molecule has 0 unspecified atom stereocenters. The van der Waals surface area contributed by atoms with Crippen molar-refractivity contribution in [2.75, 3.05) is 13.1 Å². The first kappa shape index (κ1) is 10.2. The Morgan fingerprint density at radius 2 is 2.00 bits per heavy atom. The lowest BCUT2D eigenvalue weighted by Gasteiger charge is -2.32. The van der Waals surface area contributed by atoms with Gasteiger partial charge in [0.05, 0.1) is 0 Å². The second kappa shape index (κ2) is 3.46. The maximum atomic E-state index is 13.1. The van der Waals surface area contributed by atoms with Gasteiger partial charge < -0.3 is 5.32 Å². The summed E-state index contributed by atoms with van der Waals surface area (Å²) in [4.78, 5) is 0. The fraction of sp³-hybridized carbons (Fsp3) is 1.00. The van der Waals surface area contributed by atoms with Crippen LogP contribution in [0.5, 0.6) is 0 Å². The van der Waals surface area contributed by atoms with E-state index in [1.165, 1.54) is 0 Å². The van der Waals surface area contributed by atoms with Crippen LogP contribution in [-0.2, 0) is 0 Å². The third-order valence-corrected chi connectivity index (χ3v) is 2.97. The van der Waals surface area contributed by atoms with Crippen molar-refractivity contribution >= 4 is 12.4 Å². The molecular formula is C8H14ClF2N. The van der Waals surface area contributed by atoms with Crippen LogP contribution in [0.3, 0.4) is 0 Å². The van der Waals surface area contributed by atoms with Gasteiger partial charge >= 0.3 is 0 Å². The molecule has 1 saturated heterocycles. The summed E-state index contributed by atoms with van der Waals surface area (Å²) in [5, 5.41) is 3.04. The molecule has 1 saturated carbocycles. The van der Waals surface area contributed by atoms with Crippen LogP contribution in [0.25, 0.3) is 0 Å². The fourth-order valence-corrected chi connectivity index (χ4v) is 2.32. The van der Waals surface area contributed by atoms with Crippen molar-refractivity contribution < 1.29 is 8.78 Å². The molecule has 0 aromatic rings. The van der Waals surface area contributed by atoms with Gasteiger partial charge in [-0.1, -0.05) is 0 Å². The fourth-order valence-electron chi connectivity index (χ4n) is 2.32. The third kappa shape index (κ3) is 1.57. The molecule has 2 atom stereocenters. The van der Waals surface area contributed by atoms with E-state index < -0.39 is 5.92 Å². The van der Waals surface area contributed by atoms with Gasteiger partial charge in [-0.3, -0.25) is 0 Å². The Labute approximate surface area is 77.3 Å². The quantitative estimate of drug-likeness (QED) is 0.627. The molecule has 2 fully saturated rings. The molecule has 0 spiro atoms. The van der Waals surface area contributed by atoms with Gasteiger partial charge in [0.15, 0.2) is 0 Å². The van der Waals surface area contributed by atoms with E-state index in [-0.39, 0.29) is 30.7 Å². The molecular weight excluding hydrogens is 184 g/mol. The van der Waals surface area contributed by atoms with Crippen molar-refractivity contribution in [2.45, 2.75) is 25.2 Å². The lowest BCUT2D eigenvalue weighted by molar-refractivity contribution is -0.0932. The van der Waals surface area contributed by atoms with Gasteiger partial charge in [0.25, 0.3) is 5.92 Å². The summed E-state index contributed by atoms with van der Waals surface area (Å²) < 4.78 is 26.2. The van der Waals surface area contributed by atoms with Crippen LogP contribution in [0, 0.1) is 11.8 Å². The summed E-state index contributed by atoms with van der Waals surface area (Å²) in [6.07, 6.45) is 1.80. The maximum absolute atomic E-state index is 13.1. The van der Waals surface area contributed by atoms with Crippen LogP contribution in [0.15, 0.2) is 0 Å². The van der Waals surface area contributed by atoms with E-state index in [2.05, 4.69) is 5.32 Å². The van der Waals surface area contributed by atoms with Crippen LogP contribution in [0.4, 0.5) is 8.78 Å². The largest absolute Gasteiger partial charge is 0.316 e. The highest BCUT2D eigenvalue weighted by Crippen LogP contribution is 2.43. The Kier molecular flexibility index (Phi) is 2.94. The van der Waals surface area contributed by atoms with Gasteiger partial charge in [0.2, 0.25) is 0 Å². The average molecular weight is 198 g/mol. The molecule has 0 radical (unpaired) electrons. The number of hydrogen-bond donors (Lipinski definition) is 1. The van der Waals surface area contributed by atoms with Gasteiger partial charge in [-0.2, -0.15) is 0 Å². The number of hydrogen-bond acceptors (Lipinski definition) is 1. The summed E-state index contributed by atoms with van der Waals surface area (Å²) in [6, 6.07) is 0. The molecule has 72 valence electrons. The summed E-state index contributed by atoms with van der Waals surface area (Å²) in [6.45, 7) is 1.33. The number of nitrogens with one attached hydrogen (secondary N) is 1. The third-order valence-electron chi connectivity index (χ3n) is 2.97. The highest BCUT2D eigenvalue weighted by Gasteiger charge is 2.48. The molecule has 2 aliphatic rings. The first-order chi connectivity index (χ1) is 5.20. The Morgan fingerprint density at radius 1 is 1.25 bits per heavy atom. The van der Waals surface area contributed by atoms with Gasteiger partial charge in [-0.25, -0.2) is 8.78 Å². The molecule has 1 heterocycles. The van der Waals surface area contributed by atoms with Crippen LogP contribution < -0.4 is 5.32 Å². The van der Waals surface area contributed by atoms with Crippen molar-refractivity contribution in [3.8, 4) is 0 Å². The van der Waals surface area contributed by atoms with Crippen molar-refractivity contribution in [1.82, 2.24) is 5.32 Å². The van der Waals surface area contributed by atoms with Crippen molar-refractivity contribution in [1.29, 1.82) is 0 Å². The van der Waals surface area contributed by atoms with Crippen LogP contribution in [0.2, 0.25) is 0 Å². The number of halogens is 3. The highest BCUT2D eigenvalue weighted by atomic mass is 35.5. The van der Waals surface area contributed by atoms with Crippen LogP contribution in [0.1, 0.15) is 19.3 Å². The molecule has 4 heteroatoms. The number of fused-ring (bicyclic) bond motifs is 1. The summed E-state index contributed by atoms with van der Waals surface area (Å²) in [5.41, 5.74) is 0. The van der Waals surface area contributed by atoms with E-state index in [9.17, 15) is 8.78 Å². The highest BCUT2D eigenvalue weighted by molar-refractivity contribution is 5.85. The molecule has 1 aliphatic carbocycles. The molecule has 2 rings (SSSR count). The molecule has 12 heavy (non-hydrogen) atoms. The molecule has 0 amide bonds. The van der Waals surface area contributed by atoms with Gasteiger partial charge in [-0.05, 0) is 25.3 Å². The Bertz CT molecular complexity index is 163. The molecule has 1 aliphatic heterocycles. The second-order valence-electron chi connectivity index (χ2n) is 3.68. The van der Waals surface area contributed by atoms with Crippen molar-refractivity contribution in [3.63, 3.8) is 0 Å². The topological polar surface area (TPSA) is 12.0 Å². The predicted molar refractivity (Wildman–Crippen MR) is 45.9 cm³/mol. The van der Waals surface area contributed by atoms with E-state index in [1.807, 2.05) is 0 Å². The predicted octanol–water partition coefficient (Wildman–Crippen LogP) is 2.06. The van der Waals surface area contributed by atoms with Crippen molar-refractivity contribution in [2.24, 2.45) is 11.8 Å². The minimum Gasteiger partial charge on any atom is -0.316 e. The van der Waals surface area contributed by atoms with E-state index in [0.29, 0.717) is 13.0 Å². The zero-order chi connectivity index (χ0) is 7.90. The molecule has 1 nitrogen and oxygen atoms in total. The zero-order valence-corrected chi connectivity index (χ0v) is 7.67. The number of rotatable bonds is 0. The normalized spacial score (nSPS) is 38.5. The average Bonchev–Trinajstić information content (AvgIpc) is 2.34. The Balaban J connectivity index is 0.000000720. The summed E-state index contributed by atoms with van der Waals surface area (Å²) in [7, 11) is 0. The smallest absolute Gasteiger partial charge is 0.252 e. The lowest BCUT2D eigenvalue weighted by Crippen LogP contribution is -2.37. The summed E-state index contributed by atoms with van der Waals surface area (Å²) >= 11 is 0. The molecule has 1 N–H and O–H groups in total. The maximum Gasteiger partial charge on any atom is 0.252 e. The Morgan fingerprint density at radius 3 is 2.67 bits per heavy atom. The van der Waals surface area contributed by atoms with Gasteiger partial charge in [0, 0.05) is 18.9 Å². The van der Waals surface area contributed by atoms with E-state index >= 15 is 0 Å². The standard InChI is InChI=1S/C8H13F2N.ClH/c9-8(10)3-1-2-6-4-11-5-7(6)8;/h6-7,11H,1-5H2;1H/t6-,7+;/m0./s1. The van der Waals surface area contributed by atoms with Gasteiger partial charge in [0.1, 0.15) is 0 Å². The van der Waals surface area contributed by atoms with E-state index in [1.54, 1.807) is 0 Å². The number of alkyl halides is 2. The van der Waals surface area contributed by atoms with Gasteiger partial charge in [-0.15, -0.1) is 12.4 Å². The minimum absolute atomic E-state index is 0.